The van der Waals surface area contributed by atoms with Crippen LogP contribution in [0.2, 0.25) is 0 Å². The molecule has 2 unspecified atom stereocenters. The molecule has 0 bridgehead atoms. The lowest BCUT2D eigenvalue weighted by Crippen LogP contribution is -2.21. The molecule has 0 aromatic heterocycles. The summed E-state index contributed by atoms with van der Waals surface area (Å²) in [5, 5.41) is -0.406. The molecule has 0 saturated heterocycles. The number of rotatable bonds is 3. The van der Waals surface area contributed by atoms with E-state index in [4.69, 9.17) is 46.4 Å². The van der Waals surface area contributed by atoms with E-state index in [1.54, 1.807) is 0 Å². The molecule has 0 aliphatic heterocycles. The Kier molecular flexibility index (Phi) is 5.03. The van der Waals surface area contributed by atoms with Crippen LogP contribution in [0.15, 0.2) is 60.7 Å². The fourth-order valence-electron chi connectivity index (χ4n) is 2.01. The SMILES string of the molecule is ClC(c1ccccc1)C(c1ccccc1)C(Cl)(Cl)Cl. The Morgan fingerprint density at radius 2 is 1.11 bits per heavy atom. The maximum Gasteiger partial charge on any atom is 0.199 e. The first-order valence-electron chi connectivity index (χ1n) is 5.81. The number of benzene rings is 2. The van der Waals surface area contributed by atoms with E-state index in [1.165, 1.54) is 0 Å². The molecule has 2 rings (SSSR count). The third-order valence-corrected chi connectivity index (χ3v) is 4.13. The Hall–Kier alpha value is -0.400. The molecule has 2 aromatic carbocycles. The van der Waals surface area contributed by atoms with Gasteiger partial charge >= 0.3 is 0 Å². The molecule has 0 aliphatic rings. The van der Waals surface area contributed by atoms with Gasteiger partial charge in [-0.3, -0.25) is 0 Å². The Bertz CT molecular complexity index is 505. The second-order valence-electron chi connectivity index (χ2n) is 4.24. The number of alkyl halides is 4. The van der Waals surface area contributed by atoms with Crippen LogP contribution in [0.1, 0.15) is 22.4 Å². The zero-order valence-electron chi connectivity index (χ0n) is 9.94. The van der Waals surface area contributed by atoms with Crippen LogP contribution in [-0.2, 0) is 0 Å². The monoisotopic (exact) mass is 332 g/mol. The maximum atomic E-state index is 6.54. The molecule has 0 fully saturated rings. The van der Waals surface area contributed by atoms with E-state index in [9.17, 15) is 0 Å². The van der Waals surface area contributed by atoms with Crippen molar-refractivity contribution in [2.24, 2.45) is 0 Å². The topological polar surface area (TPSA) is 0 Å². The average Bonchev–Trinajstić information content (AvgIpc) is 2.39. The molecule has 0 aliphatic carbocycles. The maximum absolute atomic E-state index is 6.54. The Morgan fingerprint density at radius 1 is 0.684 bits per heavy atom. The average molecular weight is 334 g/mol. The molecule has 2 atom stereocenters. The smallest absolute Gasteiger partial charge is 0.117 e. The summed E-state index contributed by atoms with van der Waals surface area (Å²) in [6.45, 7) is 0. The van der Waals surface area contributed by atoms with Crippen molar-refractivity contribution in [1.82, 2.24) is 0 Å². The van der Waals surface area contributed by atoms with Crippen LogP contribution in [0.5, 0.6) is 0 Å². The summed E-state index contributed by atoms with van der Waals surface area (Å²) in [5.74, 6) is -0.414. The summed E-state index contributed by atoms with van der Waals surface area (Å²) < 4.78 is -1.47. The molecular weight excluding hydrogens is 322 g/mol. The van der Waals surface area contributed by atoms with Gasteiger partial charge in [0.2, 0.25) is 0 Å². The first-order valence-corrected chi connectivity index (χ1v) is 7.38. The second kappa shape index (κ2) is 6.37. The predicted octanol–water partition coefficient (Wildman–Crippen LogP) is 6.12. The van der Waals surface area contributed by atoms with Gasteiger partial charge in [-0.2, -0.15) is 0 Å². The van der Waals surface area contributed by atoms with Crippen LogP contribution in [0.3, 0.4) is 0 Å². The molecule has 0 heterocycles. The highest BCUT2D eigenvalue weighted by molar-refractivity contribution is 6.68. The Morgan fingerprint density at radius 3 is 1.53 bits per heavy atom. The number of hydrogen-bond acceptors (Lipinski definition) is 0. The molecule has 0 N–H and O–H groups in total. The Labute approximate surface area is 133 Å². The number of halogens is 4. The predicted molar refractivity (Wildman–Crippen MR) is 84.5 cm³/mol. The standard InChI is InChI=1S/C15H12Cl4/c16-14(12-9-5-2-6-10-12)13(15(17,18)19)11-7-3-1-4-8-11/h1-10,13-14H. The van der Waals surface area contributed by atoms with E-state index < -0.39 is 15.1 Å². The van der Waals surface area contributed by atoms with Gasteiger partial charge in [-0.25, -0.2) is 0 Å². The minimum atomic E-state index is -1.47. The lowest BCUT2D eigenvalue weighted by molar-refractivity contribution is 0.678. The van der Waals surface area contributed by atoms with Crippen molar-refractivity contribution >= 4 is 46.4 Å². The van der Waals surface area contributed by atoms with Crippen LogP contribution in [0.4, 0.5) is 0 Å². The summed E-state index contributed by atoms with van der Waals surface area (Å²) >= 11 is 24.9. The molecular formula is C15H12Cl4. The van der Waals surface area contributed by atoms with Crippen molar-refractivity contribution in [2.75, 3.05) is 0 Å². The van der Waals surface area contributed by atoms with Crippen LogP contribution < -0.4 is 0 Å². The Balaban J connectivity index is 2.40. The van der Waals surface area contributed by atoms with Crippen molar-refractivity contribution in [3.05, 3.63) is 71.8 Å². The summed E-state index contributed by atoms with van der Waals surface area (Å²) in [4.78, 5) is 0. The van der Waals surface area contributed by atoms with E-state index in [1.807, 2.05) is 60.7 Å². The van der Waals surface area contributed by atoms with Crippen molar-refractivity contribution in [2.45, 2.75) is 15.1 Å². The highest BCUT2D eigenvalue weighted by atomic mass is 35.6. The van der Waals surface area contributed by atoms with Gasteiger partial charge in [0.05, 0.1) is 11.3 Å². The molecule has 100 valence electrons. The van der Waals surface area contributed by atoms with Gasteiger partial charge in [0.1, 0.15) is 0 Å². The van der Waals surface area contributed by atoms with Crippen LogP contribution >= 0.6 is 46.4 Å². The van der Waals surface area contributed by atoms with E-state index in [-0.39, 0.29) is 0 Å². The fraction of sp³-hybridized carbons (Fsp3) is 0.200. The van der Waals surface area contributed by atoms with Gasteiger partial charge in [-0.1, -0.05) is 95.5 Å². The van der Waals surface area contributed by atoms with Crippen molar-refractivity contribution in [3.63, 3.8) is 0 Å². The van der Waals surface area contributed by atoms with Crippen LogP contribution in [0, 0.1) is 0 Å². The normalized spacial score (nSPS) is 14.9. The molecule has 0 spiro atoms. The van der Waals surface area contributed by atoms with Gasteiger partial charge < -0.3 is 0 Å². The van der Waals surface area contributed by atoms with Crippen molar-refractivity contribution < 1.29 is 0 Å². The second-order valence-corrected chi connectivity index (χ2v) is 7.08. The van der Waals surface area contributed by atoms with Crippen LogP contribution in [0.25, 0.3) is 0 Å². The first-order chi connectivity index (χ1) is 9.00. The minimum absolute atomic E-state index is 0.406. The fourth-order valence-corrected chi connectivity index (χ4v) is 3.44. The molecule has 4 heteroatoms. The molecule has 2 aromatic rings. The van der Waals surface area contributed by atoms with Crippen molar-refractivity contribution in [1.29, 1.82) is 0 Å². The van der Waals surface area contributed by atoms with Gasteiger partial charge in [-0.15, -0.1) is 11.6 Å². The van der Waals surface area contributed by atoms with Gasteiger partial charge in [0.25, 0.3) is 0 Å². The van der Waals surface area contributed by atoms with Gasteiger partial charge in [-0.05, 0) is 11.1 Å². The molecule has 0 nitrogen and oxygen atoms in total. The zero-order valence-corrected chi connectivity index (χ0v) is 13.0. The first kappa shape index (κ1) is 15.0. The largest absolute Gasteiger partial charge is 0.199 e. The summed E-state index contributed by atoms with van der Waals surface area (Å²) in [6, 6.07) is 19.2. The minimum Gasteiger partial charge on any atom is -0.117 e. The molecule has 0 amide bonds. The molecule has 0 saturated carbocycles. The van der Waals surface area contributed by atoms with E-state index >= 15 is 0 Å². The zero-order chi connectivity index (χ0) is 13.9. The van der Waals surface area contributed by atoms with Gasteiger partial charge in [0.15, 0.2) is 3.79 Å². The third-order valence-electron chi connectivity index (χ3n) is 2.92. The summed E-state index contributed by atoms with van der Waals surface area (Å²) in [6.07, 6.45) is 0. The molecule has 0 radical (unpaired) electrons. The lowest BCUT2D eigenvalue weighted by Gasteiger charge is -2.29. The molecule has 19 heavy (non-hydrogen) atoms. The van der Waals surface area contributed by atoms with Gasteiger partial charge in [0, 0.05) is 0 Å². The van der Waals surface area contributed by atoms with E-state index in [2.05, 4.69) is 0 Å². The highest BCUT2D eigenvalue weighted by Crippen LogP contribution is 2.50. The van der Waals surface area contributed by atoms with Crippen LogP contribution in [-0.4, -0.2) is 3.79 Å². The summed E-state index contributed by atoms with van der Waals surface area (Å²) in [7, 11) is 0. The van der Waals surface area contributed by atoms with E-state index in [0.717, 1.165) is 11.1 Å². The third kappa shape index (κ3) is 3.79. The summed E-state index contributed by atoms with van der Waals surface area (Å²) in [5.41, 5.74) is 1.84. The highest BCUT2D eigenvalue weighted by Gasteiger charge is 2.39. The quantitative estimate of drug-likeness (QED) is 0.593. The lowest BCUT2D eigenvalue weighted by atomic mass is 9.92. The number of hydrogen-bond donors (Lipinski definition) is 0. The van der Waals surface area contributed by atoms with Crippen molar-refractivity contribution in [3.8, 4) is 0 Å². The van der Waals surface area contributed by atoms with E-state index in [0.29, 0.717) is 0 Å².